The Hall–Kier alpha value is -4.39. The lowest BCUT2D eigenvalue weighted by Crippen LogP contribution is -2.64. The first-order chi connectivity index (χ1) is 18.3. The van der Waals surface area contributed by atoms with Gasteiger partial charge in [-0.3, -0.25) is 19.2 Å². The number of hydrogen-bond acceptors (Lipinski definition) is 4. The summed E-state index contributed by atoms with van der Waals surface area (Å²) in [5, 5.41) is 7.79. The number of amides is 2. The molecule has 0 unspecified atom stereocenters. The Labute approximate surface area is 223 Å². The van der Waals surface area contributed by atoms with Gasteiger partial charge < -0.3 is 10.1 Å². The third-order valence-electron chi connectivity index (χ3n) is 7.14. The second-order valence-corrected chi connectivity index (χ2v) is 10.1. The highest BCUT2D eigenvalue weighted by Gasteiger charge is 2.48. The molecule has 7 nitrogen and oxygen atoms in total. The van der Waals surface area contributed by atoms with Crippen molar-refractivity contribution in [1.82, 2.24) is 15.1 Å². The lowest BCUT2D eigenvalue weighted by molar-refractivity contribution is -0.126. The number of fused-ring (bicyclic) bond motifs is 1. The van der Waals surface area contributed by atoms with Gasteiger partial charge in [0.25, 0.3) is 5.91 Å². The highest BCUT2D eigenvalue weighted by Crippen LogP contribution is 2.35. The third kappa shape index (κ3) is 4.67. The molecule has 1 aliphatic rings. The van der Waals surface area contributed by atoms with E-state index >= 15 is 0 Å². The molecule has 1 aromatic heterocycles. The SMILES string of the molecule is COc1ccc(-c2cc3n(n2)C[C@@](C)(C(=O)NCc2ccccc2)N(c2ccc(C(C)C)cc2)C3=O)cc1. The largest absolute Gasteiger partial charge is 0.497 e. The normalized spacial score (nSPS) is 16.9. The number of carbonyl (C=O) groups excluding carboxylic acids is 2. The van der Waals surface area contributed by atoms with Crippen LogP contribution >= 0.6 is 0 Å². The van der Waals surface area contributed by atoms with Crippen LogP contribution in [-0.2, 0) is 17.9 Å². The number of rotatable bonds is 7. The Morgan fingerprint density at radius 2 is 1.71 bits per heavy atom. The van der Waals surface area contributed by atoms with Gasteiger partial charge in [0.1, 0.15) is 17.0 Å². The zero-order valence-electron chi connectivity index (χ0n) is 22.1. The number of ether oxygens (including phenoxy) is 1. The molecule has 0 bridgehead atoms. The molecule has 0 aliphatic carbocycles. The van der Waals surface area contributed by atoms with Crippen molar-refractivity contribution >= 4 is 17.5 Å². The fourth-order valence-electron chi connectivity index (χ4n) is 4.87. The van der Waals surface area contributed by atoms with Crippen LogP contribution in [0.2, 0.25) is 0 Å². The Morgan fingerprint density at radius 1 is 1.03 bits per heavy atom. The molecular weight excluding hydrogens is 476 g/mol. The van der Waals surface area contributed by atoms with Crippen molar-refractivity contribution < 1.29 is 14.3 Å². The number of methoxy groups -OCH3 is 1. The summed E-state index contributed by atoms with van der Waals surface area (Å²) in [7, 11) is 1.62. The number of anilines is 1. The van der Waals surface area contributed by atoms with E-state index in [9.17, 15) is 9.59 Å². The van der Waals surface area contributed by atoms with Crippen LogP contribution in [0.5, 0.6) is 5.75 Å². The fourth-order valence-corrected chi connectivity index (χ4v) is 4.87. The fraction of sp³-hybridized carbons (Fsp3) is 0.258. The van der Waals surface area contributed by atoms with Crippen LogP contribution in [0.25, 0.3) is 11.3 Å². The van der Waals surface area contributed by atoms with Gasteiger partial charge >= 0.3 is 0 Å². The smallest absolute Gasteiger partial charge is 0.277 e. The predicted octanol–water partition coefficient (Wildman–Crippen LogP) is 5.42. The van der Waals surface area contributed by atoms with Crippen molar-refractivity contribution in [2.75, 3.05) is 12.0 Å². The van der Waals surface area contributed by atoms with Gasteiger partial charge in [0.15, 0.2) is 0 Å². The average Bonchev–Trinajstić information content (AvgIpc) is 3.36. The molecule has 7 heteroatoms. The Bertz CT molecular complexity index is 1440. The molecule has 0 spiro atoms. The topological polar surface area (TPSA) is 76.5 Å². The van der Waals surface area contributed by atoms with Crippen molar-refractivity contribution in [3.63, 3.8) is 0 Å². The first-order valence-corrected chi connectivity index (χ1v) is 12.8. The van der Waals surface area contributed by atoms with E-state index in [4.69, 9.17) is 9.84 Å². The van der Waals surface area contributed by atoms with E-state index in [1.54, 1.807) is 29.7 Å². The van der Waals surface area contributed by atoms with Crippen LogP contribution in [-0.4, -0.2) is 34.2 Å². The van der Waals surface area contributed by atoms with Crippen LogP contribution in [0.1, 0.15) is 48.3 Å². The van der Waals surface area contributed by atoms with Crippen molar-refractivity contribution in [3.8, 4) is 17.0 Å². The van der Waals surface area contributed by atoms with E-state index in [0.717, 1.165) is 16.9 Å². The van der Waals surface area contributed by atoms with E-state index in [-0.39, 0.29) is 18.4 Å². The van der Waals surface area contributed by atoms with Crippen LogP contribution in [0, 0.1) is 0 Å². The summed E-state index contributed by atoms with van der Waals surface area (Å²) in [6.07, 6.45) is 0. The van der Waals surface area contributed by atoms with Gasteiger partial charge in [-0.15, -0.1) is 0 Å². The Morgan fingerprint density at radius 3 is 2.34 bits per heavy atom. The van der Waals surface area contributed by atoms with E-state index in [2.05, 4.69) is 19.2 Å². The van der Waals surface area contributed by atoms with Gasteiger partial charge in [0.05, 0.1) is 19.3 Å². The number of nitrogens with one attached hydrogen (secondary N) is 1. The van der Waals surface area contributed by atoms with Crippen molar-refractivity contribution in [3.05, 3.63) is 102 Å². The maximum absolute atomic E-state index is 14.0. The standard InChI is InChI=1S/C31H32N4O3/c1-21(2)23-10-14-25(15-11-23)35-29(36)28-18-27(24-12-16-26(38-4)17-13-24)33-34(28)20-31(35,3)30(37)32-19-22-8-6-5-7-9-22/h5-18,21H,19-20H2,1-4H3,(H,32,37)/t31-/m0/s1. The minimum atomic E-state index is -1.19. The van der Waals surface area contributed by atoms with Crippen LogP contribution in [0.4, 0.5) is 5.69 Å². The molecule has 1 aliphatic heterocycles. The van der Waals surface area contributed by atoms with Gasteiger partial charge in [-0.2, -0.15) is 5.10 Å². The summed E-state index contributed by atoms with van der Waals surface area (Å²) >= 11 is 0. The zero-order valence-corrected chi connectivity index (χ0v) is 22.1. The Balaban J connectivity index is 1.53. The first-order valence-electron chi connectivity index (χ1n) is 12.8. The average molecular weight is 509 g/mol. The maximum Gasteiger partial charge on any atom is 0.277 e. The number of nitrogens with zero attached hydrogens (tertiary/aromatic N) is 3. The molecule has 1 N–H and O–H groups in total. The monoisotopic (exact) mass is 508 g/mol. The second kappa shape index (κ2) is 10.2. The van der Waals surface area contributed by atoms with Gasteiger partial charge in [-0.25, -0.2) is 0 Å². The van der Waals surface area contributed by atoms with Crippen molar-refractivity contribution in [2.45, 2.75) is 45.3 Å². The summed E-state index contributed by atoms with van der Waals surface area (Å²) < 4.78 is 6.92. The molecule has 0 fully saturated rings. The highest BCUT2D eigenvalue weighted by atomic mass is 16.5. The van der Waals surface area contributed by atoms with Crippen molar-refractivity contribution in [2.24, 2.45) is 0 Å². The molecule has 4 aromatic rings. The summed E-state index contributed by atoms with van der Waals surface area (Å²) in [6.45, 7) is 6.64. The minimum Gasteiger partial charge on any atom is -0.497 e. The van der Waals surface area contributed by atoms with Gasteiger partial charge in [-0.1, -0.05) is 56.3 Å². The number of carbonyl (C=O) groups is 2. The summed E-state index contributed by atoms with van der Waals surface area (Å²) in [6, 6.07) is 27.0. The number of benzene rings is 3. The Kier molecular flexibility index (Phi) is 6.76. The number of aromatic nitrogens is 2. The molecule has 1 atom stereocenters. The molecule has 5 rings (SSSR count). The first kappa shape index (κ1) is 25.3. The highest BCUT2D eigenvalue weighted by molar-refractivity contribution is 6.12. The van der Waals surface area contributed by atoms with E-state index in [1.807, 2.05) is 78.9 Å². The molecular formula is C31H32N4O3. The lowest BCUT2D eigenvalue weighted by Gasteiger charge is -2.43. The van der Waals surface area contributed by atoms with E-state index < -0.39 is 5.54 Å². The van der Waals surface area contributed by atoms with Gasteiger partial charge in [0.2, 0.25) is 5.91 Å². The van der Waals surface area contributed by atoms with E-state index in [0.29, 0.717) is 29.5 Å². The molecule has 3 aromatic carbocycles. The zero-order chi connectivity index (χ0) is 26.9. The van der Waals surface area contributed by atoms with Crippen LogP contribution in [0.3, 0.4) is 0 Å². The summed E-state index contributed by atoms with van der Waals surface area (Å²) in [5.41, 5.74) is 3.61. The molecule has 0 saturated heterocycles. The molecule has 38 heavy (non-hydrogen) atoms. The summed E-state index contributed by atoms with van der Waals surface area (Å²) in [5.74, 6) is 0.593. The molecule has 2 amide bonds. The van der Waals surface area contributed by atoms with Gasteiger partial charge in [0, 0.05) is 17.8 Å². The molecule has 2 heterocycles. The quantitative estimate of drug-likeness (QED) is 0.362. The minimum absolute atomic E-state index is 0.219. The lowest BCUT2D eigenvalue weighted by atomic mass is 9.93. The van der Waals surface area contributed by atoms with Crippen LogP contribution < -0.4 is 15.0 Å². The van der Waals surface area contributed by atoms with E-state index in [1.165, 1.54) is 5.56 Å². The third-order valence-corrected chi connectivity index (χ3v) is 7.14. The maximum atomic E-state index is 14.0. The van der Waals surface area contributed by atoms with Gasteiger partial charge in [-0.05, 0) is 66.4 Å². The van der Waals surface area contributed by atoms with Crippen molar-refractivity contribution in [1.29, 1.82) is 0 Å². The van der Waals surface area contributed by atoms with Crippen LogP contribution in [0.15, 0.2) is 84.9 Å². The second-order valence-electron chi connectivity index (χ2n) is 10.1. The molecule has 194 valence electrons. The summed E-state index contributed by atoms with van der Waals surface area (Å²) in [4.78, 5) is 29.5. The molecule has 0 radical (unpaired) electrons. The predicted molar refractivity (Wildman–Crippen MR) is 148 cm³/mol. The number of hydrogen-bond donors (Lipinski definition) is 1. The molecule has 0 saturated carbocycles.